The predicted octanol–water partition coefficient (Wildman–Crippen LogP) is 2.61. The minimum absolute atomic E-state index is 0.0531. The summed E-state index contributed by atoms with van der Waals surface area (Å²) in [5.74, 6) is 0.224. The average Bonchev–Trinajstić information content (AvgIpc) is 2.89. The highest BCUT2D eigenvalue weighted by molar-refractivity contribution is 6.00. The summed E-state index contributed by atoms with van der Waals surface area (Å²) in [6, 6.07) is -0.114. The third-order valence-electron chi connectivity index (χ3n) is 4.94. The number of nitrogens with one attached hydrogen (secondary N) is 1. The molecule has 0 aromatic heterocycles. The summed E-state index contributed by atoms with van der Waals surface area (Å²) in [6.45, 7) is 6.24. The molecule has 4 nitrogen and oxygen atoms in total. The molecule has 114 valence electrons. The van der Waals surface area contributed by atoms with E-state index >= 15 is 0 Å². The SMILES string of the molecule is CCCCC(C)N1C(=O)C2(CCCC2)NC(=O)C1CC. The molecule has 2 amide bonds. The van der Waals surface area contributed by atoms with Crippen molar-refractivity contribution in [3.8, 4) is 0 Å². The van der Waals surface area contributed by atoms with Gasteiger partial charge in [-0.3, -0.25) is 9.59 Å². The van der Waals surface area contributed by atoms with Gasteiger partial charge in [0.2, 0.25) is 11.8 Å². The zero-order valence-corrected chi connectivity index (χ0v) is 13.1. The Kier molecular flexibility index (Phi) is 4.71. The lowest BCUT2D eigenvalue weighted by molar-refractivity contribution is -0.157. The van der Waals surface area contributed by atoms with Gasteiger partial charge < -0.3 is 10.2 Å². The van der Waals surface area contributed by atoms with Crippen LogP contribution in [-0.4, -0.2) is 34.3 Å². The van der Waals surface area contributed by atoms with E-state index in [9.17, 15) is 9.59 Å². The second-order valence-corrected chi connectivity index (χ2v) is 6.41. The van der Waals surface area contributed by atoms with E-state index in [-0.39, 0.29) is 23.9 Å². The molecule has 1 aliphatic heterocycles. The Balaban J connectivity index is 2.23. The van der Waals surface area contributed by atoms with Crippen molar-refractivity contribution in [3.63, 3.8) is 0 Å². The maximum atomic E-state index is 13.0. The minimum atomic E-state index is -0.580. The molecular weight excluding hydrogens is 252 g/mol. The molecule has 0 aromatic rings. The van der Waals surface area contributed by atoms with Gasteiger partial charge in [-0.05, 0) is 32.6 Å². The molecule has 1 heterocycles. The maximum Gasteiger partial charge on any atom is 0.249 e. The lowest BCUT2D eigenvalue weighted by Crippen LogP contribution is -2.70. The Bertz CT molecular complexity index is 375. The molecule has 2 rings (SSSR count). The van der Waals surface area contributed by atoms with Gasteiger partial charge in [-0.25, -0.2) is 0 Å². The third-order valence-corrected chi connectivity index (χ3v) is 4.94. The standard InChI is InChI=1S/C16H28N2O2/c1-4-6-9-12(3)18-13(5-2)14(19)17-16(15(18)20)10-7-8-11-16/h12-13H,4-11H2,1-3H3,(H,17,19). The topological polar surface area (TPSA) is 49.4 Å². The molecule has 0 radical (unpaired) electrons. The Labute approximate surface area is 122 Å². The minimum Gasteiger partial charge on any atom is -0.340 e. The molecular formula is C16H28N2O2. The van der Waals surface area contributed by atoms with Gasteiger partial charge in [0.05, 0.1) is 0 Å². The van der Waals surface area contributed by atoms with Crippen molar-refractivity contribution in [2.75, 3.05) is 0 Å². The molecule has 1 saturated heterocycles. The summed E-state index contributed by atoms with van der Waals surface area (Å²) in [5, 5.41) is 3.05. The van der Waals surface area contributed by atoms with Crippen molar-refractivity contribution in [3.05, 3.63) is 0 Å². The summed E-state index contributed by atoms with van der Waals surface area (Å²) in [6.07, 6.45) is 7.62. The number of carbonyl (C=O) groups excluding carboxylic acids is 2. The molecule has 1 aliphatic carbocycles. The first-order valence-corrected chi connectivity index (χ1v) is 8.20. The van der Waals surface area contributed by atoms with Crippen molar-refractivity contribution in [1.29, 1.82) is 0 Å². The molecule has 2 unspecified atom stereocenters. The lowest BCUT2D eigenvalue weighted by atomic mass is 9.88. The molecule has 0 aromatic carbocycles. The van der Waals surface area contributed by atoms with Crippen LogP contribution in [0.1, 0.15) is 72.1 Å². The smallest absolute Gasteiger partial charge is 0.249 e. The van der Waals surface area contributed by atoms with Crippen LogP contribution in [0.15, 0.2) is 0 Å². The summed E-state index contributed by atoms with van der Waals surface area (Å²) in [7, 11) is 0. The highest BCUT2D eigenvalue weighted by Gasteiger charge is 2.52. The number of hydrogen-bond acceptors (Lipinski definition) is 2. The second-order valence-electron chi connectivity index (χ2n) is 6.41. The first-order chi connectivity index (χ1) is 9.55. The van der Waals surface area contributed by atoms with Gasteiger partial charge in [-0.1, -0.05) is 39.5 Å². The number of carbonyl (C=O) groups is 2. The third kappa shape index (κ3) is 2.57. The van der Waals surface area contributed by atoms with Crippen LogP contribution in [0.4, 0.5) is 0 Å². The zero-order valence-electron chi connectivity index (χ0n) is 13.1. The molecule has 1 N–H and O–H groups in total. The number of hydrogen-bond donors (Lipinski definition) is 1. The highest BCUT2D eigenvalue weighted by atomic mass is 16.2. The Hall–Kier alpha value is -1.06. The molecule has 2 atom stereocenters. The summed E-state index contributed by atoms with van der Waals surface area (Å²) < 4.78 is 0. The normalized spacial score (nSPS) is 26.9. The summed E-state index contributed by atoms with van der Waals surface area (Å²) >= 11 is 0. The lowest BCUT2D eigenvalue weighted by Gasteiger charge is -2.47. The molecule has 1 spiro atoms. The van der Waals surface area contributed by atoms with Gasteiger partial charge >= 0.3 is 0 Å². The molecule has 2 aliphatic rings. The van der Waals surface area contributed by atoms with Crippen LogP contribution in [0.5, 0.6) is 0 Å². The van der Waals surface area contributed by atoms with Crippen LogP contribution in [0.25, 0.3) is 0 Å². The van der Waals surface area contributed by atoms with Crippen LogP contribution in [-0.2, 0) is 9.59 Å². The Morgan fingerprint density at radius 2 is 1.95 bits per heavy atom. The number of amides is 2. The van der Waals surface area contributed by atoms with Gasteiger partial charge in [0.15, 0.2) is 0 Å². The van der Waals surface area contributed by atoms with E-state index in [1.54, 1.807) is 0 Å². The highest BCUT2D eigenvalue weighted by Crippen LogP contribution is 2.36. The molecule has 4 heteroatoms. The largest absolute Gasteiger partial charge is 0.340 e. The van der Waals surface area contributed by atoms with Crippen LogP contribution < -0.4 is 5.32 Å². The number of unbranched alkanes of at least 4 members (excludes halogenated alkanes) is 1. The predicted molar refractivity (Wildman–Crippen MR) is 79.3 cm³/mol. The summed E-state index contributed by atoms with van der Waals surface area (Å²) in [5.41, 5.74) is -0.580. The van der Waals surface area contributed by atoms with E-state index in [1.807, 2.05) is 11.8 Å². The second kappa shape index (κ2) is 6.15. The first-order valence-electron chi connectivity index (χ1n) is 8.20. The van der Waals surface area contributed by atoms with Gasteiger partial charge in [-0.2, -0.15) is 0 Å². The molecule has 0 bridgehead atoms. The zero-order chi connectivity index (χ0) is 14.8. The number of piperazine rings is 1. The fourth-order valence-corrected chi connectivity index (χ4v) is 3.73. The van der Waals surface area contributed by atoms with Crippen molar-refractivity contribution >= 4 is 11.8 Å². The quantitative estimate of drug-likeness (QED) is 0.841. The van der Waals surface area contributed by atoms with Crippen LogP contribution in [0.3, 0.4) is 0 Å². The molecule has 2 fully saturated rings. The van der Waals surface area contributed by atoms with Gasteiger partial charge in [0.25, 0.3) is 0 Å². The van der Waals surface area contributed by atoms with E-state index in [2.05, 4.69) is 19.2 Å². The number of rotatable bonds is 5. The Morgan fingerprint density at radius 3 is 2.50 bits per heavy atom. The maximum absolute atomic E-state index is 13.0. The summed E-state index contributed by atoms with van der Waals surface area (Å²) in [4.78, 5) is 27.3. The van der Waals surface area contributed by atoms with E-state index in [4.69, 9.17) is 0 Å². The molecule has 1 saturated carbocycles. The van der Waals surface area contributed by atoms with E-state index < -0.39 is 5.54 Å². The number of nitrogens with zero attached hydrogens (tertiary/aromatic N) is 1. The van der Waals surface area contributed by atoms with Crippen LogP contribution >= 0.6 is 0 Å². The Morgan fingerprint density at radius 1 is 1.30 bits per heavy atom. The van der Waals surface area contributed by atoms with Crippen molar-refractivity contribution in [1.82, 2.24) is 10.2 Å². The fourth-order valence-electron chi connectivity index (χ4n) is 3.73. The monoisotopic (exact) mass is 280 g/mol. The van der Waals surface area contributed by atoms with Gasteiger partial charge in [0, 0.05) is 6.04 Å². The van der Waals surface area contributed by atoms with Gasteiger partial charge in [-0.15, -0.1) is 0 Å². The van der Waals surface area contributed by atoms with Crippen LogP contribution in [0, 0.1) is 0 Å². The van der Waals surface area contributed by atoms with E-state index in [0.717, 1.165) is 44.9 Å². The van der Waals surface area contributed by atoms with Crippen molar-refractivity contribution in [2.24, 2.45) is 0 Å². The van der Waals surface area contributed by atoms with E-state index in [0.29, 0.717) is 6.42 Å². The average molecular weight is 280 g/mol. The van der Waals surface area contributed by atoms with Crippen molar-refractivity contribution < 1.29 is 9.59 Å². The van der Waals surface area contributed by atoms with Crippen molar-refractivity contribution in [2.45, 2.75) is 89.8 Å². The van der Waals surface area contributed by atoms with E-state index in [1.165, 1.54) is 0 Å². The van der Waals surface area contributed by atoms with Crippen LogP contribution in [0.2, 0.25) is 0 Å². The molecule has 20 heavy (non-hydrogen) atoms. The fraction of sp³-hybridized carbons (Fsp3) is 0.875. The first kappa shape index (κ1) is 15.3. The van der Waals surface area contributed by atoms with Gasteiger partial charge in [0.1, 0.15) is 11.6 Å².